The van der Waals surface area contributed by atoms with E-state index < -0.39 is 10.0 Å². The van der Waals surface area contributed by atoms with Crippen LogP contribution in [0.4, 0.5) is 5.69 Å². The number of nitrogens with zero attached hydrogens (tertiary/aromatic N) is 2. The molecule has 2 saturated heterocycles. The molecule has 8 heteroatoms. The molecule has 0 unspecified atom stereocenters. The van der Waals surface area contributed by atoms with Crippen LogP contribution in [0.5, 0.6) is 0 Å². The van der Waals surface area contributed by atoms with Crippen molar-refractivity contribution in [1.82, 2.24) is 9.29 Å². The van der Waals surface area contributed by atoms with Gasteiger partial charge in [-0.3, -0.25) is 9.78 Å². The summed E-state index contributed by atoms with van der Waals surface area (Å²) in [5, 5.41) is 2.83. The van der Waals surface area contributed by atoms with E-state index in [2.05, 4.69) is 10.3 Å². The van der Waals surface area contributed by atoms with E-state index in [4.69, 9.17) is 4.74 Å². The summed E-state index contributed by atoms with van der Waals surface area (Å²) in [6, 6.07) is 3.52. The Morgan fingerprint density at radius 2 is 2.25 bits per heavy atom. The van der Waals surface area contributed by atoms with Crippen LogP contribution in [0.2, 0.25) is 0 Å². The number of hydrogen-bond acceptors (Lipinski definition) is 5. The summed E-state index contributed by atoms with van der Waals surface area (Å²) in [5.74, 6) is -0.285. The average molecular weight is 353 g/mol. The van der Waals surface area contributed by atoms with Crippen LogP contribution < -0.4 is 5.32 Å². The van der Waals surface area contributed by atoms with Crippen LogP contribution in [0.3, 0.4) is 0 Å². The first-order chi connectivity index (χ1) is 11.3. The Bertz CT molecular complexity index is 693. The van der Waals surface area contributed by atoms with E-state index in [1.54, 1.807) is 24.5 Å². The van der Waals surface area contributed by atoms with E-state index in [0.717, 1.165) is 0 Å². The summed E-state index contributed by atoms with van der Waals surface area (Å²) >= 11 is 0. The summed E-state index contributed by atoms with van der Waals surface area (Å²) in [4.78, 5) is 16.5. The van der Waals surface area contributed by atoms with Gasteiger partial charge in [-0.2, -0.15) is 4.31 Å². The number of carbonyl (C=O) groups is 1. The van der Waals surface area contributed by atoms with Crippen LogP contribution >= 0.6 is 0 Å². The molecule has 0 aliphatic carbocycles. The van der Waals surface area contributed by atoms with Crippen LogP contribution in [0, 0.1) is 11.8 Å². The van der Waals surface area contributed by atoms with Gasteiger partial charge >= 0.3 is 0 Å². The van der Waals surface area contributed by atoms with Gasteiger partial charge in [0.15, 0.2) is 0 Å². The van der Waals surface area contributed by atoms with Crippen LogP contribution in [0.15, 0.2) is 24.5 Å². The lowest BCUT2D eigenvalue weighted by Crippen LogP contribution is -2.48. The zero-order valence-electron chi connectivity index (χ0n) is 13.9. The molecule has 2 fully saturated rings. The van der Waals surface area contributed by atoms with E-state index in [0.29, 0.717) is 18.7 Å². The quantitative estimate of drug-likeness (QED) is 0.856. The first-order valence-electron chi connectivity index (χ1n) is 8.19. The van der Waals surface area contributed by atoms with Gasteiger partial charge in [0, 0.05) is 19.3 Å². The lowest BCUT2D eigenvalue weighted by molar-refractivity contribution is -0.122. The third-order valence-corrected chi connectivity index (χ3v) is 6.50. The number of carbonyl (C=O) groups excluding carboxylic acids is 1. The summed E-state index contributed by atoms with van der Waals surface area (Å²) in [6.45, 7) is 4.35. The molecule has 0 aromatic carbocycles. The monoisotopic (exact) mass is 353 g/mol. The standard InChI is InChI=1S/C16H23N3O4S/c1-11(2)10-24(21,22)19-8-13-6-14(15(9-19)23-13)16(20)18-12-4-3-5-17-7-12/h3-5,7,11,13-15H,6,8-10H2,1-2H3,(H,18,20)/t13-,14+,15-/m0/s1. The SMILES string of the molecule is CC(C)CS(=O)(=O)N1C[C@@H]2C[C@@H](C(=O)Nc3cccnc3)[C@H](C1)O2. The van der Waals surface area contributed by atoms with Crippen LogP contribution in [-0.4, -0.2) is 54.7 Å². The number of rotatable bonds is 5. The molecule has 3 atom stereocenters. The van der Waals surface area contributed by atoms with Crippen molar-refractivity contribution >= 4 is 21.6 Å². The molecule has 7 nitrogen and oxygen atoms in total. The number of anilines is 1. The lowest BCUT2D eigenvalue weighted by atomic mass is 9.99. The van der Waals surface area contributed by atoms with Crippen molar-refractivity contribution in [3.8, 4) is 0 Å². The van der Waals surface area contributed by atoms with Crippen molar-refractivity contribution in [2.24, 2.45) is 11.8 Å². The third-order valence-electron chi connectivity index (χ3n) is 4.33. The highest BCUT2D eigenvalue weighted by molar-refractivity contribution is 7.89. The fourth-order valence-corrected chi connectivity index (χ4v) is 5.14. The number of hydrogen-bond donors (Lipinski definition) is 1. The van der Waals surface area contributed by atoms with Crippen molar-refractivity contribution in [3.63, 3.8) is 0 Å². The largest absolute Gasteiger partial charge is 0.371 e. The molecule has 0 saturated carbocycles. The number of nitrogens with one attached hydrogen (secondary N) is 1. The highest BCUT2D eigenvalue weighted by Crippen LogP contribution is 2.34. The Balaban J connectivity index is 1.67. The summed E-state index contributed by atoms with van der Waals surface area (Å²) < 4.78 is 32.2. The van der Waals surface area contributed by atoms with Crippen molar-refractivity contribution in [1.29, 1.82) is 0 Å². The maximum Gasteiger partial charge on any atom is 0.230 e. The number of ether oxygens (including phenoxy) is 1. The summed E-state index contributed by atoms with van der Waals surface area (Å²) in [5.41, 5.74) is 0.633. The maximum atomic E-state index is 12.5. The summed E-state index contributed by atoms with van der Waals surface area (Å²) in [7, 11) is -3.30. The molecule has 1 amide bonds. The van der Waals surface area contributed by atoms with Gasteiger partial charge in [0.2, 0.25) is 15.9 Å². The van der Waals surface area contributed by atoms with Crippen molar-refractivity contribution < 1.29 is 17.9 Å². The number of fused-ring (bicyclic) bond motifs is 2. The highest BCUT2D eigenvalue weighted by atomic mass is 32.2. The van der Waals surface area contributed by atoms with Gasteiger partial charge in [-0.15, -0.1) is 0 Å². The molecule has 1 aromatic heterocycles. The molecular formula is C16H23N3O4S. The maximum absolute atomic E-state index is 12.5. The minimum Gasteiger partial charge on any atom is -0.371 e. The third kappa shape index (κ3) is 3.76. The average Bonchev–Trinajstić information content (AvgIpc) is 2.81. The van der Waals surface area contributed by atoms with E-state index in [9.17, 15) is 13.2 Å². The molecule has 3 heterocycles. The molecule has 3 rings (SSSR count). The van der Waals surface area contributed by atoms with Gasteiger partial charge in [0.25, 0.3) is 0 Å². The fourth-order valence-electron chi connectivity index (χ4n) is 3.32. The topological polar surface area (TPSA) is 88.6 Å². The van der Waals surface area contributed by atoms with Crippen LogP contribution in [0.1, 0.15) is 20.3 Å². The second-order valence-electron chi connectivity index (χ2n) is 6.86. The number of pyridine rings is 1. The predicted molar refractivity (Wildman–Crippen MR) is 89.8 cm³/mol. The molecule has 2 bridgehead atoms. The number of amides is 1. The number of aromatic nitrogens is 1. The van der Waals surface area contributed by atoms with E-state index in [1.807, 2.05) is 13.8 Å². The molecule has 0 spiro atoms. The van der Waals surface area contributed by atoms with E-state index in [-0.39, 0.29) is 42.2 Å². The summed E-state index contributed by atoms with van der Waals surface area (Å²) in [6.07, 6.45) is 3.17. The van der Waals surface area contributed by atoms with E-state index in [1.165, 1.54) is 4.31 Å². The van der Waals surface area contributed by atoms with Crippen molar-refractivity contribution in [3.05, 3.63) is 24.5 Å². The molecular weight excluding hydrogens is 330 g/mol. The van der Waals surface area contributed by atoms with Crippen LogP contribution in [-0.2, 0) is 19.6 Å². The van der Waals surface area contributed by atoms with Gasteiger partial charge < -0.3 is 10.1 Å². The van der Waals surface area contributed by atoms with Crippen LogP contribution in [0.25, 0.3) is 0 Å². The second kappa shape index (κ2) is 6.78. The smallest absolute Gasteiger partial charge is 0.230 e. The Hall–Kier alpha value is -1.51. The minimum absolute atomic E-state index is 0.0696. The molecule has 2 aliphatic heterocycles. The Kier molecular flexibility index (Phi) is 4.89. The highest BCUT2D eigenvalue weighted by Gasteiger charge is 2.47. The zero-order valence-corrected chi connectivity index (χ0v) is 14.7. The van der Waals surface area contributed by atoms with Gasteiger partial charge in [-0.25, -0.2) is 8.42 Å². The van der Waals surface area contributed by atoms with E-state index >= 15 is 0 Å². The molecule has 2 aliphatic rings. The molecule has 132 valence electrons. The number of morpholine rings is 1. The second-order valence-corrected chi connectivity index (χ2v) is 8.87. The van der Waals surface area contributed by atoms with Crippen molar-refractivity contribution in [2.45, 2.75) is 32.5 Å². The Labute approximate surface area is 142 Å². The number of sulfonamides is 1. The molecule has 0 radical (unpaired) electrons. The Morgan fingerprint density at radius 1 is 1.46 bits per heavy atom. The van der Waals surface area contributed by atoms with Gasteiger partial charge in [-0.1, -0.05) is 13.8 Å². The normalized spacial score (nSPS) is 27.4. The van der Waals surface area contributed by atoms with Gasteiger partial charge in [0.1, 0.15) is 0 Å². The van der Waals surface area contributed by atoms with Gasteiger partial charge in [-0.05, 0) is 24.5 Å². The molecule has 1 N–H and O–H groups in total. The predicted octanol–water partition coefficient (Wildman–Crippen LogP) is 1.10. The molecule has 1 aromatic rings. The molecule has 24 heavy (non-hydrogen) atoms. The Morgan fingerprint density at radius 3 is 2.92 bits per heavy atom. The minimum atomic E-state index is -3.30. The first-order valence-corrected chi connectivity index (χ1v) is 9.80. The zero-order chi connectivity index (χ0) is 17.3. The van der Waals surface area contributed by atoms with Gasteiger partial charge in [0.05, 0.1) is 35.8 Å². The van der Waals surface area contributed by atoms with Crippen molar-refractivity contribution in [2.75, 3.05) is 24.2 Å². The first kappa shape index (κ1) is 17.3. The fraction of sp³-hybridized carbons (Fsp3) is 0.625. The lowest BCUT2D eigenvalue weighted by Gasteiger charge is -2.32.